The van der Waals surface area contributed by atoms with Crippen molar-refractivity contribution in [2.75, 3.05) is 19.0 Å². The molecule has 0 amide bonds. The van der Waals surface area contributed by atoms with Gasteiger partial charge in [-0.05, 0) is 38.0 Å². The molecule has 0 saturated carbocycles. The molecule has 86 valence electrons. The second-order valence-corrected chi connectivity index (χ2v) is 6.46. The van der Waals surface area contributed by atoms with Crippen molar-refractivity contribution >= 4 is 21.9 Å². The smallest absolute Gasteiger partial charge is 0.324 e. The fourth-order valence-electron chi connectivity index (χ4n) is 1.42. The van der Waals surface area contributed by atoms with E-state index < -0.39 is 9.28 Å². The first-order valence-corrected chi connectivity index (χ1v) is 7.84. The fourth-order valence-corrected chi connectivity index (χ4v) is 3.56. The van der Waals surface area contributed by atoms with Crippen LogP contribution in [0.3, 0.4) is 0 Å². The summed E-state index contributed by atoms with van der Waals surface area (Å²) in [7, 11) is -1.40. The van der Waals surface area contributed by atoms with Gasteiger partial charge in [-0.25, -0.2) is 0 Å². The lowest BCUT2D eigenvalue weighted by molar-refractivity contribution is 0.203. The molecule has 0 aromatic heterocycles. The number of rotatable bonds is 9. The van der Waals surface area contributed by atoms with E-state index in [1.54, 1.807) is 0 Å². The highest BCUT2D eigenvalue weighted by molar-refractivity contribution is 7.80. The second-order valence-electron chi connectivity index (χ2n) is 3.48. The Hall–Kier alpha value is 0.487. The number of unbranched alkanes of at least 4 members (excludes halogenated alkanes) is 1. The second kappa shape index (κ2) is 10.0. The van der Waals surface area contributed by atoms with Gasteiger partial charge in [0.15, 0.2) is 0 Å². The molecule has 0 fully saturated rings. The summed E-state index contributed by atoms with van der Waals surface area (Å²) in [6.07, 6.45) is 3.67. The minimum Gasteiger partial charge on any atom is -0.397 e. The van der Waals surface area contributed by atoms with Gasteiger partial charge in [0.05, 0.1) is 0 Å². The summed E-state index contributed by atoms with van der Waals surface area (Å²) in [5, 5.41) is 0. The fraction of sp³-hybridized carbons (Fsp3) is 1.00. The lowest BCUT2D eigenvalue weighted by atomic mass is 10.2. The van der Waals surface area contributed by atoms with Crippen LogP contribution in [0.1, 0.15) is 40.0 Å². The van der Waals surface area contributed by atoms with E-state index in [0.29, 0.717) is 5.54 Å². The summed E-state index contributed by atoms with van der Waals surface area (Å²) in [4.78, 5) is 0. The van der Waals surface area contributed by atoms with Gasteiger partial charge in [-0.15, -0.1) is 0 Å². The molecule has 0 radical (unpaired) electrons. The van der Waals surface area contributed by atoms with Crippen LogP contribution in [0.4, 0.5) is 0 Å². The van der Waals surface area contributed by atoms with E-state index in [0.717, 1.165) is 19.0 Å². The molecular formula is C10H24O2SSi. The first kappa shape index (κ1) is 14.5. The summed E-state index contributed by atoms with van der Waals surface area (Å²) < 4.78 is 11.3. The van der Waals surface area contributed by atoms with Gasteiger partial charge in [-0.3, -0.25) is 0 Å². The molecule has 0 aliphatic carbocycles. The summed E-state index contributed by atoms with van der Waals surface area (Å²) in [6, 6.07) is 0. The van der Waals surface area contributed by atoms with Crippen LogP contribution in [-0.2, 0) is 8.85 Å². The highest BCUT2D eigenvalue weighted by Crippen LogP contribution is 2.19. The van der Waals surface area contributed by atoms with Crippen molar-refractivity contribution in [1.82, 2.24) is 0 Å². The van der Waals surface area contributed by atoms with Crippen LogP contribution in [0.5, 0.6) is 0 Å². The zero-order valence-electron chi connectivity index (χ0n) is 9.66. The van der Waals surface area contributed by atoms with Crippen LogP contribution in [0.25, 0.3) is 0 Å². The Morgan fingerprint density at radius 1 is 1.14 bits per heavy atom. The minimum atomic E-state index is -1.40. The van der Waals surface area contributed by atoms with Crippen LogP contribution >= 0.6 is 12.6 Å². The molecule has 0 saturated heterocycles. The molecule has 1 unspecified atom stereocenters. The molecule has 14 heavy (non-hydrogen) atoms. The van der Waals surface area contributed by atoms with Crippen molar-refractivity contribution in [3.63, 3.8) is 0 Å². The van der Waals surface area contributed by atoms with Gasteiger partial charge < -0.3 is 8.85 Å². The summed E-state index contributed by atoms with van der Waals surface area (Å²) in [5.41, 5.74) is 0.620. The number of thiol groups is 1. The average molecular weight is 236 g/mol. The molecule has 0 aliphatic heterocycles. The van der Waals surface area contributed by atoms with Crippen LogP contribution in [0.15, 0.2) is 0 Å². The van der Waals surface area contributed by atoms with Gasteiger partial charge in [0.2, 0.25) is 0 Å². The lowest BCUT2D eigenvalue weighted by Gasteiger charge is -2.21. The Kier molecular flexibility index (Phi) is 10.4. The molecule has 0 spiro atoms. The molecule has 1 atom stereocenters. The molecule has 2 nitrogen and oxygen atoms in total. The van der Waals surface area contributed by atoms with Crippen molar-refractivity contribution < 1.29 is 8.85 Å². The summed E-state index contributed by atoms with van der Waals surface area (Å²) in [6.45, 7) is 7.90. The van der Waals surface area contributed by atoms with Crippen molar-refractivity contribution in [3.05, 3.63) is 0 Å². The van der Waals surface area contributed by atoms with E-state index in [4.69, 9.17) is 8.85 Å². The third-order valence-corrected chi connectivity index (χ3v) is 5.10. The molecule has 0 heterocycles. The molecule has 0 aromatic rings. The Bertz CT molecular complexity index is 119. The van der Waals surface area contributed by atoms with Crippen molar-refractivity contribution in [2.45, 2.75) is 45.6 Å². The van der Waals surface area contributed by atoms with E-state index in [1.165, 1.54) is 19.3 Å². The normalized spacial score (nSPS) is 13.5. The molecule has 0 aliphatic rings. The van der Waals surface area contributed by atoms with E-state index in [1.807, 2.05) is 13.8 Å². The van der Waals surface area contributed by atoms with E-state index in [2.05, 4.69) is 19.6 Å². The van der Waals surface area contributed by atoms with Gasteiger partial charge in [0, 0.05) is 13.2 Å². The van der Waals surface area contributed by atoms with Crippen LogP contribution < -0.4 is 0 Å². The van der Waals surface area contributed by atoms with E-state index in [-0.39, 0.29) is 0 Å². The maximum absolute atomic E-state index is 5.67. The van der Waals surface area contributed by atoms with E-state index >= 15 is 0 Å². The predicted octanol–water partition coefficient (Wildman–Crippen LogP) is 2.77. The SMILES string of the molecule is CCO[SiH](OCC)C(C)CCCCS. The Morgan fingerprint density at radius 3 is 2.14 bits per heavy atom. The average Bonchev–Trinajstić information content (AvgIpc) is 2.18. The first-order valence-electron chi connectivity index (χ1n) is 5.60. The van der Waals surface area contributed by atoms with E-state index in [9.17, 15) is 0 Å². The molecule has 0 bridgehead atoms. The Morgan fingerprint density at radius 2 is 1.71 bits per heavy atom. The zero-order valence-corrected chi connectivity index (χ0v) is 11.7. The third kappa shape index (κ3) is 6.87. The standard InChI is InChI=1S/C10H24O2SSi/c1-4-11-14(12-5-2)10(3)8-6-7-9-13/h10,13-14H,4-9H2,1-3H3. The number of hydrogen-bond acceptors (Lipinski definition) is 3. The van der Waals surface area contributed by atoms with Crippen LogP contribution in [-0.4, -0.2) is 28.3 Å². The summed E-state index contributed by atoms with van der Waals surface area (Å²) >= 11 is 4.21. The maximum Gasteiger partial charge on any atom is 0.324 e. The van der Waals surface area contributed by atoms with Crippen LogP contribution in [0.2, 0.25) is 5.54 Å². The molecule has 0 aromatic carbocycles. The topological polar surface area (TPSA) is 18.5 Å². The monoisotopic (exact) mass is 236 g/mol. The Labute approximate surface area is 95.6 Å². The van der Waals surface area contributed by atoms with Gasteiger partial charge in [0.25, 0.3) is 0 Å². The van der Waals surface area contributed by atoms with Crippen molar-refractivity contribution in [1.29, 1.82) is 0 Å². The molecule has 4 heteroatoms. The first-order chi connectivity index (χ1) is 6.76. The van der Waals surface area contributed by atoms with Gasteiger partial charge >= 0.3 is 9.28 Å². The van der Waals surface area contributed by atoms with Gasteiger partial charge in [0.1, 0.15) is 0 Å². The predicted molar refractivity (Wildman–Crippen MR) is 67.5 cm³/mol. The molecular weight excluding hydrogens is 212 g/mol. The number of hydrogen-bond donors (Lipinski definition) is 1. The summed E-state index contributed by atoms with van der Waals surface area (Å²) in [5.74, 6) is 0.988. The van der Waals surface area contributed by atoms with Crippen molar-refractivity contribution in [2.24, 2.45) is 0 Å². The van der Waals surface area contributed by atoms with Crippen molar-refractivity contribution in [3.8, 4) is 0 Å². The lowest BCUT2D eigenvalue weighted by Crippen LogP contribution is -2.27. The molecule has 0 N–H and O–H groups in total. The highest BCUT2D eigenvalue weighted by atomic mass is 32.1. The van der Waals surface area contributed by atoms with Crippen LogP contribution in [0, 0.1) is 0 Å². The van der Waals surface area contributed by atoms with Gasteiger partial charge in [-0.1, -0.05) is 13.3 Å². The minimum absolute atomic E-state index is 0.620. The quantitative estimate of drug-likeness (QED) is 0.377. The highest BCUT2D eigenvalue weighted by Gasteiger charge is 2.20. The zero-order chi connectivity index (χ0) is 10.8. The maximum atomic E-state index is 5.67. The van der Waals surface area contributed by atoms with Gasteiger partial charge in [-0.2, -0.15) is 12.6 Å². The third-order valence-electron chi connectivity index (χ3n) is 2.19. The largest absolute Gasteiger partial charge is 0.397 e. The Balaban J connectivity index is 3.69. The molecule has 0 rings (SSSR count).